The summed E-state index contributed by atoms with van der Waals surface area (Å²) in [7, 11) is 0. The highest BCUT2D eigenvalue weighted by Gasteiger charge is 2.49. The first-order valence-corrected chi connectivity index (χ1v) is 19.5. The number of imide groups is 6. The van der Waals surface area contributed by atoms with Gasteiger partial charge < -0.3 is 25.0 Å². The van der Waals surface area contributed by atoms with Crippen LogP contribution in [0, 0.1) is 0 Å². The number of rotatable bonds is 9. The third-order valence-corrected chi connectivity index (χ3v) is 10.7. The molecule has 0 aliphatic carbocycles. The maximum atomic E-state index is 14.1. The second kappa shape index (κ2) is 15.8. The standard InChI is InChI=1S/C42H49N5O11/c1-41(2,3)57-39(55)46-33(49)19-17-30(37(46)53)44-21-28-24(12-9-14-26(28)35(44)51)23(11-7-8-16-32(43)48)25-13-10-15-27-29(25)22-45(36(27)52)31-18-20-34(50)47(38(31)54)40(56)58-42(4,5)6/h9-10,12-15,23,30-31H,7-8,11,16-22H2,1-6H3,(H2,43,48). The van der Waals surface area contributed by atoms with Gasteiger partial charge in [0.05, 0.1) is 0 Å². The third kappa shape index (κ3) is 8.23. The van der Waals surface area contributed by atoms with E-state index in [2.05, 4.69) is 0 Å². The summed E-state index contributed by atoms with van der Waals surface area (Å²) in [5.74, 6) is -4.90. The lowest BCUT2D eigenvalue weighted by Crippen LogP contribution is -2.57. The van der Waals surface area contributed by atoms with E-state index in [9.17, 15) is 43.2 Å². The number of hydrogen-bond acceptors (Lipinski definition) is 11. The monoisotopic (exact) mass is 799 g/mol. The maximum Gasteiger partial charge on any atom is 0.424 e. The molecule has 16 heteroatoms. The lowest BCUT2D eigenvalue weighted by atomic mass is 9.81. The van der Waals surface area contributed by atoms with Crippen LogP contribution in [0.5, 0.6) is 0 Å². The molecule has 0 spiro atoms. The molecule has 2 aromatic carbocycles. The number of nitrogens with zero attached hydrogens (tertiary/aromatic N) is 4. The second-order valence-electron chi connectivity index (χ2n) is 17.1. The SMILES string of the molecule is CC(C)(C)OC(=O)N1C(=O)CCC(N2Cc3c(cccc3C(CCCCC(N)=O)c3cccc4c3CN(C3CCC(=O)N(C(=O)OC(C)(C)C)C3=O)C4=O)C2=O)C1=O. The number of likely N-dealkylation sites (tertiary alicyclic amines) is 2. The van der Waals surface area contributed by atoms with E-state index in [1.807, 2.05) is 12.1 Å². The molecule has 58 heavy (non-hydrogen) atoms. The number of carbonyl (C=O) groups is 9. The molecule has 9 amide bonds. The molecule has 2 atom stereocenters. The average molecular weight is 800 g/mol. The van der Waals surface area contributed by atoms with Gasteiger partial charge in [0.1, 0.15) is 23.3 Å². The highest BCUT2D eigenvalue weighted by Crippen LogP contribution is 2.42. The van der Waals surface area contributed by atoms with E-state index >= 15 is 0 Å². The molecule has 16 nitrogen and oxygen atoms in total. The molecule has 2 saturated heterocycles. The summed E-state index contributed by atoms with van der Waals surface area (Å²) in [6, 6.07) is 8.29. The van der Waals surface area contributed by atoms with Crippen molar-refractivity contribution in [3.05, 3.63) is 69.8 Å². The zero-order valence-electron chi connectivity index (χ0n) is 33.6. The number of piperidine rings is 2. The van der Waals surface area contributed by atoms with E-state index in [1.165, 1.54) is 9.80 Å². The van der Waals surface area contributed by atoms with E-state index < -0.39 is 82.7 Å². The Morgan fingerprint density at radius 1 is 0.672 bits per heavy atom. The lowest BCUT2D eigenvalue weighted by molar-refractivity contribution is -0.152. The fourth-order valence-electron chi connectivity index (χ4n) is 8.15. The van der Waals surface area contributed by atoms with Gasteiger partial charge in [0, 0.05) is 49.4 Å². The summed E-state index contributed by atoms with van der Waals surface area (Å²) in [6.45, 7) is 9.67. The zero-order valence-corrected chi connectivity index (χ0v) is 33.6. The van der Waals surface area contributed by atoms with Crippen molar-refractivity contribution in [2.45, 2.75) is 135 Å². The summed E-state index contributed by atoms with van der Waals surface area (Å²) < 4.78 is 10.7. The normalized spacial score (nSPS) is 20.4. The predicted molar refractivity (Wildman–Crippen MR) is 204 cm³/mol. The van der Waals surface area contributed by atoms with Crippen LogP contribution in [0.3, 0.4) is 0 Å². The number of carbonyl (C=O) groups excluding carboxylic acids is 9. The van der Waals surface area contributed by atoms with Crippen molar-refractivity contribution in [1.82, 2.24) is 19.6 Å². The first-order chi connectivity index (χ1) is 27.2. The molecule has 4 heterocycles. The number of benzene rings is 2. The van der Waals surface area contributed by atoms with Crippen molar-refractivity contribution < 1.29 is 52.6 Å². The quantitative estimate of drug-likeness (QED) is 0.272. The van der Waals surface area contributed by atoms with E-state index in [1.54, 1.807) is 65.8 Å². The van der Waals surface area contributed by atoms with Crippen molar-refractivity contribution in [1.29, 1.82) is 0 Å². The van der Waals surface area contributed by atoms with Crippen LogP contribution < -0.4 is 5.73 Å². The molecule has 0 radical (unpaired) electrons. The molecule has 4 aliphatic rings. The Morgan fingerprint density at radius 2 is 1.09 bits per heavy atom. The Labute approximate surface area is 335 Å². The molecule has 4 aliphatic heterocycles. The fraction of sp³-hybridized carbons (Fsp3) is 0.500. The van der Waals surface area contributed by atoms with Crippen molar-refractivity contribution in [2.24, 2.45) is 5.73 Å². The zero-order chi connectivity index (χ0) is 42.4. The first-order valence-electron chi connectivity index (χ1n) is 19.5. The number of primary amides is 1. The van der Waals surface area contributed by atoms with Crippen LogP contribution >= 0.6 is 0 Å². The summed E-state index contributed by atoms with van der Waals surface area (Å²) in [4.78, 5) is 123. The summed E-state index contributed by atoms with van der Waals surface area (Å²) >= 11 is 0. The van der Waals surface area contributed by atoms with Gasteiger partial charge in [-0.15, -0.1) is 0 Å². The number of unbranched alkanes of at least 4 members (excludes halogenated alkanes) is 1. The van der Waals surface area contributed by atoms with Gasteiger partial charge in [-0.3, -0.25) is 33.6 Å². The van der Waals surface area contributed by atoms with Gasteiger partial charge in [0.25, 0.3) is 23.6 Å². The second-order valence-corrected chi connectivity index (χ2v) is 17.1. The Balaban J connectivity index is 1.33. The Hall–Kier alpha value is -5.93. The van der Waals surface area contributed by atoms with Gasteiger partial charge >= 0.3 is 12.2 Å². The minimum absolute atomic E-state index is 0.0000651. The van der Waals surface area contributed by atoms with E-state index in [0.29, 0.717) is 51.3 Å². The van der Waals surface area contributed by atoms with Gasteiger partial charge in [-0.2, -0.15) is 9.80 Å². The smallest absolute Gasteiger partial charge is 0.424 e. The Bertz CT molecular complexity index is 1980. The third-order valence-electron chi connectivity index (χ3n) is 10.7. The highest BCUT2D eigenvalue weighted by atomic mass is 16.6. The Morgan fingerprint density at radius 3 is 1.47 bits per heavy atom. The molecule has 0 saturated carbocycles. The number of amides is 9. The fourth-order valence-corrected chi connectivity index (χ4v) is 8.15. The Kier molecular flexibility index (Phi) is 11.3. The van der Waals surface area contributed by atoms with Crippen molar-refractivity contribution in [3.63, 3.8) is 0 Å². The van der Waals surface area contributed by atoms with Crippen LogP contribution in [0.2, 0.25) is 0 Å². The summed E-state index contributed by atoms with van der Waals surface area (Å²) in [5.41, 5.74) is 6.94. The van der Waals surface area contributed by atoms with Gasteiger partial charge in [-0.1, -0.05) is 30.7 Å². The molecule has 0 bridgehead atoms. The molecule has 2 fully saturated rings. The number of fused-ring (bicyclic) bond motifs is 2. The van der Waals surface area contributed by atoms with Crippen LogP contribution in [0.4, 0.5) is 9.59 Å². The summed E-state index contributed by atoms with van der Waals surface area (Å²) in [6.07, 6.45) is -0.846. The van der Waals surface area contributed by atoms with Crippen molar-refractivity contribution in [3.8, 4) is 0 Å². The van der Waals surface area contributed by atoms with Crippen molar-refractivity contribution in [2.75, 3.05) is 0 Å². The minimum atomic E-state index is -1.11. The lowest BCUT2D eigenvalue weighted by Gasteiger charge is -2.35. The van der Waals surface area contributed by atoms with Crippen LogP contribution in [-0.2, 0) is 46.5 Å². The topological polar surface area (TPSA) is 211 Å². The molecule has 6 rings (SSSR count). The number of hydrogen-bond donors (Lipinski definition) is 1. The van der Waals surface area contributed by atoms with Gasteiger partial charge in [-0.05, 0) is 102 Å². The van der Waals surface area contributed by atoms with E-state index in [-0.39, 0.29) is 45.2 Å². The average Bonchev–Trinajstić information content (AvgIpc) is 3.63. The van der Waals surface area contributed by atoms with Gasteiger partial charge in [0.15, 0.2) is 0 Å². The number of ether oxygens (including phenoxy) is 2. The van der Waals surface area contributed by atoms with E-state index in [0.717, 1.165) is 11.1 Å². The largest absolute Gasteiger partial charge is 0.443 e. The maximum absolute atomic E-state index is 14.1. The van der Waals surface area contributed by atoms with Crippen LogP contribution in [-0.4, -0.2) is 96.4 Å². The van der Waals surface area contributed by atoms with Crippen LogP contribution in [0.25, 0.3) is 0 Å². The highest BCUT2D eigenvalue weighted by molar-refractivity contribution is 6.14. The van der Waals surface area contributed by atoms with Gasteiger partial charge in [-0.25, -0.2) is 9.59 Å². The van der Waals surface area contributed by atoms with E-state index in [4.69, 9.17) is 15.2 Å². The molecule has 0 aromatic heterocycles. The van der Waals surface area contributed by atoms with Crippen LogP contribution in [0.1, 0.15) is 142 Å². The van der Waals surface area contributed by atoms with Crippen molar-refractivity contribution >= 4 is 53.5 Å². The molecule has 308 valence electrons. The molecule has 2 N–H and O–H groups in total. The number of nitrogens with two attached hydrogens (primary N) is 1. The molecule has 2 unspecified atom stereocenters. The van der Waals surface area contributed by atoms with Crippen LogP contribution in [0.15, 0.2) is 36.4 Å². The predicted octanol–water partition coefficient (Wildman–Crippen LogP) is 4.68. The minimum Gasteiger partial charge on any atom is -0.443 e. The molecule has 2 aromatic rings. The first kappa shape index (κ1) is 41.7. The molecular weight excluding hydrogens is 750 g/mol. The molecular formula is C42H49N5O11. The van der Waals surface area contributed by atoms with Gasteiger partial charge in [0.2, 0.25) is 17.7 Å². The summed E-state index contributed by atoms with van der Waals surface area (Å²) in [5, 5.41) is 0.